The van der Waals surface area contributed by atoms with E-state index in [1.165, 1.54) is 34.9 Å². The van der Waals surface area contributed by atoms with Crippen LogP contribution in [0.25, 0.3) is 0 Å². The number of anilines is 1. The average Bonchev–Trinajstić information content (AvgIpc) is 2.77. The van der Waals surface area contributed by atoms with Crippen LogP contribution in [0.4, 0.5) is 5.69 Å². The zero-order valence-electron chi connectivity index (χ0n) is 10.4. The Morgan fingerprint density at radius 1 is 1.28 bits per heavy atom. The van der Waals surface area contributed by atoms with Crippen LogP contribution in [-0.2, 0) is 0 Å². The lowest BCUT2D eigenvalue weighted by Gasteiger charge is -2.43. The van der Waals surface area contributed by atoms with Crippen LogP contribution in [0.15, 0.2) is 18.2 Å². The molecule has 2 aliphatic rings. The van der Waals surface area contributed by atoms with E-state index in [1.807, 2.05) is 6.07 Å². The van der Waals surface area contributed by atoms with E-state index in [9.17, 15) is 0 Å². The topological polar surface area (TPSA) is 15.3 Å². The summed E-state index contributed by atoms with van der Waals surface area (Å²) in [7, 11) is 0. The van der Waals surface area contributed by atoms with Crippen molar-refractivity contribution in [2.45, 2.75) is 31.2 Å². The summed E-state index contributed by atoms with van der Waals surface area (Å²) in [6, 6.07) is 6.22. The van der Waals surface area contributed by atoms with Gasteiger partial charge in [0, 0.05) is 33.8 Å². The van der Waals surface area contributed by atoms with E-state index in [0.29, 0.717) is 5.54 Å². The molecule has 3 rings (SSSR count). The van der Waals surface area contributed by atoms with Crippen LogP contribution in [0.5, 0.6) is 0 Å². The minimum absolute atomic E-state index is 0.376. The molecule has 1 aromatic carbocycles. The van der Waals surface area contributed by atoms with Crippen molar-refractivity contribution >= 4 is 39.9 Å². The third-order valence-corrected chi connectivity index (χ3v) is 5.29. The number of rotatable bonds is 1. The van der Waals surface area contributed by atoms with Gasteiger partial charge in [-0.25, -0.2) is 0 Å². The predicted molar refractivity (Wildman–Crippen MR) is 85.6 cm³/mol. The lowest BCUT2D eigenvalue weighted by Crippen LogP contribution is -2.59. The van der Waals surface area contributed by atoms with Gasteiger partial charge in [-0.2, -0.15) is 0 Å². The monoisotopic (exact) mass is 376 g/mol. The zero-order valence-corrected chi connectivity index (χ0v) is 13.3. The molecule has 1 aliphatic carbocycles. The van der Waals surface area contributed by atoms with Crippen molar-refractivity contribution < 1.29 is 0 Å². The predicted octanol–water partition coefficient (Wildman–Crippen LogP) is 3.67. The van der Waals surface area contributed by atoms with Crippen molar-refractivity contribution in [3.63, 3.8) is 0 Å². The Bertz CT molecular complexity index is 443. The number of nitrogens with one attached hydrogen (secondary N) is 1. The second kappa shape index (κ2) is 5.17. The molecular weight excluding hydrogens is 359 g/mol. The third-order valence-electron chi connectivity index (χ3n) is 4.19. The second-order valence-electron chi connectivity index (χ2n) is 5.43. The van der Waals surface area contributed by atoms with Crippen molar-refractivity contribution in [3.05, 3.63) is 26.8 Å². The van der Waals surface area contributed by atoms with Crippen LogP contribution in [-0.4, -0.2) is 25.2 Å². The van der Waals surface area contributed by atoms with Crippen molar-refractivity contribution in [1.29, 1.82) is 0 Å². The van der Waals surface area contributed by atoms with Crippen LogP contribution in [0.1, 0.15) is 25.7 Å². The molecule has 4 heteroatoms. The first-order valence-electron chi connectivity index (χ1n) is 6.64. The first-order valence-corrected chi connectivity index (χ1v) is 8.09. The van der Waals surface area contributed by atoms with Crippen molar-refractivity contribution in [3.8, 4) is 0 Å². The molecule has 1 N–H and O–H groups in total. The van der Waals surface area contributed by atoms with Gasteiger partial charge in [0.2, 0.25) is 0 Å². The Labute approximate surface area is 127 Å². The fourth-order valence-corrected chi connectivity index (χ4v) is 4.50. The molecule has 18 heavy (non-hydrogen) atoms. The number of benzene rings is 1. The summed E-state index contributed by atoms with van der Waals surface area (Å²) in [4.78, 5) is 2.53. The van der Waals surface area contributed by atoms with Crippen LogP contribution in [0, 0.1) is 3.57 Å². The molecule has 1 aromatic rings. The summed E-state index contributed by atoms with van der Waals surface area (Å²) < 4.78 is 1.26. The van der Waals surface area contributed by atoms with Crippen LogP contribution in [0.2, 0.25) is 5.02 Å². The van der Waals surface area contributed by atoms with Gasteiger partial charge in [-0.3, -0.25) is 0 Å². The average molecular weight is 377 g/mol. The van der Waals surface area contributed by atoms with E-state index in [0.717, 1.165) is 24.7 Å². The maximum Gasteiger partial charge on any atom is 0.0504 e. The lowest BCUT2D eigenvalue weighted by atomic mass is 9.94. The van der Waals surface area contributed by atoms with E-state index in [1.54, 1.807) is 0 Å². The fraction of sp³-hybridized carbons (Fsp3) is 0.571. The third kappa shape index (κ3) is 2.49. The van der Waals surface area contributed by atoms with Gasteiger partial charge in [-0.15, -0.1) is 0 Å². The molecule has 1 heterocycles. The molecule has 2 fully saturated rings. The molecule has 0 bridgehead atoms. The summed E-state index contributed by atoms with van der Waals surface area (Å²) in [6.45, 7) is 3.34. The molecule has 0 radical (unpaired) electrons. The lowest BCUT2D eigenvalue weighted by molar-refractivity contribution is 0.304. The normalized spacial score (nSPS) is 22.7. The van der Waals surface area contributed by atoms with Gasteiger partial charge >= 0.3 is 0 Å². The largest absolute Gasteiger partial charge is 0.368 e. The fourth-order valence-electron chi connectivity index (χ4n) is 3.29. The maximum absolute atomic E-state index is 6.04. The van der Waals surface area contributed by atoms with Gasteiger partial charge in [0.15, 0.2) is 0 Å². The highest BCUT2D eigenvalue weighted by atomic mass is 127. The van der Waals surface area contributed by atoms with E-state index >= 15 is 0 Å². The molecule has 0 amide bonds. The van der Waals surface area contributed by atoms with Crippen molar-refractivity contribution in [2.24, 2.45) is 0 Å². The summed E-state index contributed by atoms with van der Waals surface area (Å²) in [5, 5.41) is 4.58. The Morgan fingerprint density at radius 3 is 2.78 bits per heavy atom. The number of nitrogens with zero attached hydrogens (tertiary/aromatic N) is 1. The number of hydrogen-bond donors (Lipinski definition) is 1. The molecule has 0 atom stereocenters. The number of hydrogen-bond acceptors (Lipinski definition) is 2. The van der Waals surface area contributed by atoms with Gasteiger partial charge in [-0.1, -0.05) is 24.4 Å². The minimum atomic E-state index is 0.376. The van der Waals surface area contributed by atoms with Gasteiger partial charge in [0.25, 0.3) is 0 Å². The van der Waals surface area contributed by atoms with E-state index in [-0.39, 0.29) is 0 Å². The zero-order chi connectivity index (χ0) is 12.6. The van der Waals surface area contributed by atoms with Gasteiger partial charge in [-0.05, 0) is 53.6 Å². The van der Waals surface area contributed by atoms with E-state index in [4.69, 9.17) is 11.6 Å². The van der Waals surface area contributed by atoms with Crippen LogP contribution < -0.4 is 10.2 Å². The Morgan fingerprint density at radius 2 is 2.06 bits per heavy atom. The standard InChI is InChI=1S/C14H18ClIN2/c15-11-3-4-13(12(16)9-11)18-8-7-17-14(10-18)5-1-2-6-14/h3-4,9,17H,1-2,5-8,10H2. The first-order chi connectivity index (χ1) is 8.69. The smallest absolute Gasteiger partial charge is 0.0504 e. The minimum Gasteiger partial charge on any atom is -0.368 e. The van der Waals surface area contributed by atoms with Crippen LogP contribution in [0.3, 0.4) is 0 Å². The number of halogens is 2. The molecule has 0 unspecified atom stereocenters. The Kier molecular flexibility index (Phi) is 3.74. The molecular formula is C14H18ClIN2. The van der Waals surface area contributed by atoms with Gasteiger partial charge < -0.3 is 10.2 Å². The maximum atomic E-state index is 6.04. The quantitative estimate of drug-likeness (QED) is 0.753. The highest BCUT2D eigenvalue weighted by Gasteiger charge is 2.37. The van der Waals surface area contributed by atoms with E-state index in [2.05, 4.69) is 44.9 Å². The Hall–Kier alpha value is -0.000000000000000111. The first kappa shape index (κ1) is 13.0. The molecule has 98 valence electrons. The molecule has 1 saturated carbocycles. The summed E-state index contributed by atoms with van der Waals surface area (Å²) in [6.07, 6.45) is 5.40. The highest BCUT2D eigenvalue weighted by Crippen LogP contribution is 2.35. The summed E-state index contributed by atoms with van der Waals surface area (Å²) in [5.74, 6) is 0. The van der Waals surface area contributed by atoms with Gasteiger partial charge in [0.1, 0.15) is 0 Å². The SMILES string of the molecule is Clc1ccc(N2CCNC3(CCCC3)C2)c(I)c1. The number of piperazine rings is 1. The van der Waals surface area contributed by atoms with Crippen molar-refractivity contribution in [1.82, 2.24) is 5.32 Å². The Balaban J connectivity index is 1.83. The molecule has 1 spiro atoms. The highest BCUT2D eigenvalue weighted by molar-refractivity contribution is 14.1. The summed E-state index contributed by atoms with van der Waals surface area (Å²) >= 11 is 8.43. The molecule has 0 aromatic heterocycles. The van der Waals surface area contributed by atoms with Crippen molar-refractivity contribution in [2.75, 3.05) is 24.5 Å². The van der Waals surface area contributed by atoms with Crippen LogP contribution >= 0.6 is 34.2 Å². The van der Waals surface area contributed by atoms with E-state index < -0.39 is 0 Å². The second-order valence-corrected chi connectivity index (χ2v) is 7.03. The summed E-state index contributed by atoms with van der Waals surface area (Å²) in [5.41, 5.74) is 1.72. The molecule has 1 saturated heterocycles. The molecule has 1 aliphatic heterocycles. The molecule has 2 nitrogen and oxygen atoms in total. The van der Waals surface area contributed by atoms with Gasteiger partial charge in [0.05, 0.1) is 5.69 Å².